The van der Waals surface area contributed by atoms with Crippen molar-refractivity contribution in [1.29, 1.82) is 0 Å². The molecule has 1 heterocycles. The van der Waals surface area contributed by atoms with Crippen LogP contribution in [0.4, 0.5) is 0 Å². The summed E-state index contributed by atoms with van der Waals surface area (Å²) in [7, 11) is 0. The van der Waals surface area contributed by atoms with E-state index in [4.69, 9.17) is 4.74 Å². The Bertz CT molecular complexity index is 400. The summed E-state index contributed by atoms with van der Waals surface area (Å²) in [6.07, 6.45) is 6.85. The first kappa shape index (κ1) is 8.92. The predicted octanol–water partition coefficient (Wildman–Crippen LogP) is 1.67. The minimum atomic E-state index is 0.0510. The molecule has 1 N–H and O–H groups in total. The average molecular weight is 232 g/mol. The van der Waals surface area contributed by atoms with Crippen molar-refractivity contribution in [2.45, 2.75) is 44.0 Å². The predicted molar refractivity (Wildman–Crippen MR) is 61.1 cm³/mol. The van der Waals surface area contributed by atoms with Crippen LogP contribution in [0, 0.1) is 47.3 Å². The molecule has 5 aliphatic carbocycles. The van der Waals surface area contributed by atoms with E-state index >= 15 is 0 Å². The van der Waals surface area contributed by atoms with Crippen LogP contribution in [0.3, 0.4) is 0 Å². The molecule has 1 aliphatic heterocycles. The molecule has 92 valence electrons. The Labute approximate surface area is 102 Å². The number of hydrogen-bond acceptors (Lipinski definition) is 2. The van der Waals surface area contributed by atoms with Gasteiger partial charge in [0.2, 0.25) is 0 Å². The van der Waals surface area contributed by atoms with E-state index in [1.54, 1.807) is 0 Å². The zero-order chi connectivity index (χ0) is 10.9. The van der Waals surface area contributed by atoms with Crippen LogP contribution in [-0.4, -0.2) is 23.4 Å². The molecule has 1 saturated heterocycles. The normalized spacial score (nSPS) is 77.1. The van der Waals surface area contributed by atoms with E-state index in [1.165, 1.54) is 19.3 Å². The second-order valence-corrected chi connectivity index (χ2v) is 7.81. The van der Waals surface area contributed by atoms with E-state index in [9.17, 15) is 5.11 Å². The van der Waals surface area contributed by atoms with Crippen LogP contribution < -0.4 is 0 Å². The Balaban J connectivity index is 1.44. The first-order chi connectivity index (χ1) is 8.33. The third kappa shape index (κ3) is 0.805. The second kappa shape index (κ2) is 2.46. The summed E-state index contributed by atoms with van der Waals surface area (Å²) in [5.74, 6) is 7.25. The molecule has 17 heavy (non-hydrogen) atoms. The third-order valence-electron chi connectivity index (χ3n) is 7.68. The minimum absolute atomic E-state index is 0.0510. The Hall–Kier alpha value is -0.0800. The van der Waals surface area contributed by atoms with E-state index < -0.39 is 0 Å². The van der Waals surface area contributed by atoms with E-state index in [1.807, 2.05) is 0 Å². The molecule has 6 rings (SSSR count). The summed E-state index contributed by atoms with van der Waals surface area (Å²) < 4.78 is 5.87. The molecule has 0 aromatic carbocycles. The van der Waals surface area contributed by atoms with Crippen molar-refractivity contribution in [3.05, 3.63) is 0 Å². The molecule has 11 unspecified atom stereocenters. The van der Waals surface area contributed by atoms with E-state index in [-0.39, 0.29) is 6.10 Å². The van der Waals surface area contributed by atoms with Crippen LogP contribution >= 0.6 is 0 Å². The molecule has 5 saturated carbocycles. The van der Waals surface area contributed by atoms with Crippen LogP contribution in [0.25, 0.3) is 0 Å². The Morgan fingerprint density at radius 1 is 0.706 bits per heavy atom. The van der Waals surface area contributed by atoms with Gasteiger partial charge in [-0.25, -0.2) is 0 Å². The van der Waals surface area contributed by atoms with Crippen molar-refractivity contribution < 1.29 is 9.84 Å². The topological polar surface area (TPSA) is 32.8 Å². The Kier molecular flexibility index (Phi) is 1.29. The number of hydrogen-bond donors (Lipinski definition) is 1. The molecule has 6 fully saturated rings. The molecular formula is C15H20O2. The highest BCUT2D eigenvalue weighted by atomic mass is 16.6. The summed E-state index contributed by atoms with van der Waals surface area (Å²) in [6.45, 7) is 0. The lowest BCUT2D eigenvalue weighted by Crippen LogP contribution is -2.35. The quantitative estimate of drug-likeness (QED) is 0.644. The first-order valence-electron chi connectivity index (χ1n) is 7.66. The van der Waals surface area contributed by atoms with Gasteiger partial charge in [-0.1, -0.05) is 0 Å². The van der Waals surface area contributed by atoms with Gasteiger partial charge in [-0.15, -0.1) is 0 Å². The number of aliphatic hydroxyl groups excluding tert-OH is 1. The summed E-state index contributed by atoms with van der Waals surface area (Å²) in [5.41, 5.74) is 0. The maximum absolute atomic E-state index is 10.2. The largest absolute Gasteiger partial charge is 0.393 e. The number of rotatable bonds is 0. The zero-order valence-corrected chi connectivity index (χ0v) is 10.0. The highest BCUT2D eigenvalue weighted by Crippen LogP contribution is 2.73. The van der Waals surface area contributed by atoms with Crippen molar-refractivity contribution in [1.82, 2.24) is 0 Å². The Morgan fingerprint density at radius 2 is 1.47 bits per heavy atom. The molecule has 4 bridgehead atoms. The lowest BCUT2D eigenvalue weighted by Gasteiger charge is -2.34. The molecular weight excluding hydrogens is 212 g/mol. The van der Waals surface area contributed by atoms with Crippen molar-refractivity contribution in [3.63, 3.8) is 0 Å². The monoisotopic (exact) mass is 232 g/mol. The van der Waals surface area contributed by atoms with Gasteiger partial charge in [-0.3, -0.25) is 0 Å². The van der Waals surface area contributed by atoms with Gasteiger partial charge in [0.1, 0.15) is 0 Å². The van der Waals surface area contributed by atoms with Crippen LogP contribution in [0.15, 0.2) is 0 Å². The van der Waals surface area contributed by atoms with Crippen molar-refractivity contribution in [2.24, 2.45) is 47.3 Å². The highest BCUT2D eigenvalue weighted by Gasteiger charge is 2.73. The SMILES string of the molecule is OC1CC2CC1C1C2CC2C3CC(C4OC34)C21. The van der Waals surface area contributed by atoms with Crippen LogP contribution in [-0.2, 0) is 4.74 Å². The van der Waals surface area contributed by atoms with Gasteiger partial charge >= 0.3 is 0 Å². The van der Waals surface area contributed by atoms with Gasteiger partial charge in [0.05, 0.1) is 18.3 Å². The fraction of sp³-hybridized carbons (Fsp3) is 1.00. The molecule has 0 amide bonds. The van der Waals surface area contributed by atoms with E-state index in [0.717, 1.165) is 47.8 Å². The minimum Gasteiger partial charge on any atom is -0.393 e. The number of ether oxygens (including phenoxy) is 1. The zero-order valence-electron chi connectivity index (χ0n) is 10.0. The maximum atomic E-state index is 10.2. The van der Waals surface area contributed by atoms with Gasteiger partial charge < -0.3 is 9.84 Å². The highest BCUT2D eigenvalue weighted by molar-refractivity contribution is 5.21. The van der Waals surface area contributed by atoms with E-state index in [2.05, 4.69) is 0 Å². The lowest BCUT2D eigenvalue weighted by molar-refractivity contribution is 0.0357. The molecule has 2 nitrogen and oxygen atoms in total. The van der Waals surface area contributed by atoms with Crippen molar-refractivity contribution in [2.75, 3.05) is 0 Å². The molecule has 6 aliphatic rings. The fourth-order valence-electron chi connectivity index (χ4n) is 7.43. The molecule has 0 radical (unpaired) electrons. The van der Waals surface area contributed by atoms with Gasteiger partial charge in [0.15, 0.2) is 0 Å². The molecule has 0 aromatic rings. The molecule has 2 heteroatoms. The number of fused-ring (bicyclic) bond motifs is 14. The van der Waals surface area contributed by atoms with Crippen molar-refractivity contribution >= 4 is 0 Å². The number of aliphatic hydroxyl groups is 1. The van der Waals surface area contributed by atoms with Crippen LogP contribution in [0.2, 0.25) is 0 Å². The second-order valence-electron chi connectivity index (χ2n) is 7.81. The Morgan fingerprint density at radius 3 is 2.41 bits per heavy atom. The van der Waals surface area contributed by atoms with Crippen molar-refractivity contribution in [3.8, 4) is 0 Å². The van der Waals surface area contributed by atoms with Gasteiger partial charge in [-0.2, -0.15) is 0 Å². The fourth-order valence-corrected chi connectivity index (χ4v) is 7.43. The molecule has 11 atom stereocenters. The standard InChI is InChI=1S/C15H20O2/c16-11-2-5-1-9(11)12-6(5)3-7-8-4-10(13(7)12)15-14(8)17-15/h5-16H,1-4H2. The van der Waals surface area contributed by atoms with Crippen LogP contribution in [0.5, 0.6) is 0 Å². The summed E-state index contributed by atoms with van der Waals surface area (Å²) in [5, 5.41) is 10.2. The summed E-state index contributed by atoms with van der Waals surface area (Å²) >= 11 is 0. The van der Waals surface area contributed by atoms with Gasteiger partial charge in [0.25, 0.3) is 0 Å². The molecule has 0 aromatic heterocycles. The summed E-state index contributed by atoms with van der Waals surface area (Å²) in [4.78, 5) is 0. The van der Waals surface area contributed by atoms with Gasteiger partial charge in [-0.05, 0) is 73.0 Å². The summed E-state index contributed by atoms with van der Waals surface area (Å²) in [6, 6.07) is 0. The average Bonchev–Trinajstić information content (AvgIpc) is 2.72. The van der Waals surface area contributed by atoms with Crippen LogP contribution in [0.1, 0.15) is 25.7 Å². The van der Waals surface area contributed by atoms with Gasteiger partial charge in [0, 0.05) is 0 Å². The molecule has 0 spiro atoms. The maximum Gasteiger partial charge on any atom is 0.0875 e. The smallest absolute Gasteiger partial charge is 0.0875 e. The lowest BCUT2D eigenvalue weighted by atomic mass is 9.71. The first-order valence-corrected chi connectivity index (χ1v) is 7.66. The number of epoxide rings is 1. The third-order valence-corrected chi connectivity index (χ3v) is 7.68. The van der Waals surface area contributed by atoms with E-state index in [0.29, 0.717) is 18.1 Å².